The van der Waals surface area contributed by atoms with Crippen LogP contribution in [0.3, 0.4) is 0 Å². The molecule has 0 aliphatic carbocycles. The molecule has 0 aliphatic rings. The third-order valence-corrected chi connectivity index (χ3v) is 2.04. The lowest BCUT2D eigenvalue weighted by atomic mass is 10.1. The second-order valence-electron chi connectivity index (χ2n) is 3.30. The number of nitrogens with one attached hydrogen (secondary N) is 1. The Morgan fingerprint density at radius 3 is 2.33 bits per heavy atom. The molecule has 6 heteroatoms. The molecule has 0 bridgehead atoms. The molecule has 0 radical (unpaired) electrons. The number of rotatable bonds is 7. The summed E-state index contributed by atoms with van der Waals surface area (Å²) >= 11 is 0. The van der Waals surface area contributed by atoms with Gasteiger partial charge >= 0.3 is 0 Å². The number of aliphatic hydroxyl groups is 4. The smallest absolute Gasteiger partial charge is 0.219 e. The largest absolute Gasteiger partial charge is 0.396 e. The van der Waals surface area contributed by atoms with Crippen LogP contribution in [0.4, 0.5) is 0 Å². The van der Waals surface area contributed by atoms with Gasteiger partial charge in [-0.05, 0) is 6.42 Å². The quantitative estimate of drug-likeness (QED) is 0.341. The first-order valence-electron chi connectivity index (χ1n) is 4.94. The number of carbonyl (C=O) groups is 1. The van der Waals surface area contributed by atoms with Crippen molar-refractivity contribution in [2.24, 2.45) is 0 Å². The lowest BCUT2D eigenvalue weighted by Crippen LogP contribution is -2.44. The Kier molecular flexibility index (Phi) is 7.23. The highest BCUT2D eigenvalue weighted by molar-refractivity contribution is 5.75. The third kappa shape index (κ3) is 5.68. The van der Waals surface area contributed by atoms with Gasteiger partial charge in [0.1, 0.15) is 6.10 Å². The maximum absolute atomic E-state index is 10.8. The van der Waals surface area contributed by atoms with Crippen LogP contribution >= 0.6 is 0 Å². The van der Waals surface area contributed by atoms with Crippen molar-refractivity contribution < 1.29 is 25.2 Å². The Morgan fingerprint density at radius 1 is 1.27 bits per heavy atom. The third-order valence-electron chi connectivity index (χ3n) is 2.04. The molecular weight excluding hydrogens is 202 g/mol. The van der Waals surface area contributed by atoms with E-state index in [0.717, 1.165) is 0 Å². The summed E-state index contributed by atoms with van der Waals surface area (Å²) < 4.78 is 0. The van der Waals surface area contributed by atoms with Gasteiger partial charge in [0.15, 0.2) is 0 Å². The number of aliphatic hydroxyl groups excluding tert-OH is 4. The molecule has 15 heavy (non-hydrogen) atoms. The number of hydrogen-bond donors (Lipinski definition) is 5. The predicted octanol–water partition coefficient (Wildman–Crippen LogP) is -2.02. The van der Waals surface area contributed by atoms with Crippen LogP contribution in [0.2, 0.25) is 0 Å². The van der Waals surface area contributed by atoms with Gasteiger partial charge in [0, 0.05) is 19.6 Å². The molecule has 0 saturated carbocycles. The van der Waals surface area contributed by atoms with E-state index in [1.54, 1.807) is 6.92 Å². The Bertz CT molecular complexity index is 187. The first-order valence-corrected chi connectivity index (χ1v) is 4.94. The van der Waals surface area contributed by atoms with Gasteiger partial charge in [0.05, 0.1) is 12.2 Å². The fraction of sp³-hybridized carbons (Fsp3) is 0.889. The summed E-state index contributed by atoms with van der Waals surface area (Å²) in [6, 6.07) is 0. The molecule has 0 rings (SSSR count). The Labute approximate surface area is 88.5 Å². The summed E-state index contributed by atoms with van der Waals surface area (Å²) in [5.74, 6) is -0.238. The zero-order valence-corrected chi connectivity index (χ0v) is 8.76. The van der Waals surface area contributed by atoms with Crippen molar-refractivity contribution >= 4 is 5.91 Å². The summed E-state index contributed by atoms with van der Waals surface area (Å²) in [6.07, 6.45) is -3.51. The molecular formula is C9H19NO5. The van der Waals surface area contributed by atoms with Crippen LogP contribution in [-0.2, 0) is 4.79 Å². The number of amides is 1. The fourth-order valence-electron chi connectivity index (χ4n) is 1.02. The van der Waals surface area contributed by atoms with Crippen LogP contribution in [0.15, 0.2) is 0 Å². The second kappa shape index (κ2) is 7.58. The van der Waals surface area contributed by atoms with Gasteiger partial charge in [-0.3, -0.25) is 4.79 Å². The lowest BCUT2D eigenvalue weighted by molar-refractivity contribution is -0.122. The van der Waals surface area contributed by atoms with Crippen LogP contribution in [-0.4, -0.2) is 57.8 Å². The van der Waals surface area contributed by atoms with Gasteiger partial charge in [-0.1, -0.05) is 6.92 Å². The first kappa shape index (κ1) is 14.3. The van der Waals surface area contributed by atoms with Crippen LogP contribution in [0.25, 0.3) is 0 Å². The highest BCUT2D eigenvalue weighted by Gasteiger charge is 2.24. The molecule has 0 aromatic heterocycles. The van der Waals surface area contributed by atoms with Gasteiger partial charge in [-0.15, -0.1) is 0 Å². The van der Waals surface area contributed by atoms with E-state index < -0.39 is 18.3 Å². The van der Waals surface area contributed by atoms with Crippen LogP contribution in [0.5, 0.6) is 0 Å². The number of hydrogen-bond acceptors (Lipinski definition) is 5. The standard InChI is InChI=1S/C9H19NO5/c1-2-8(14)10-5-7(13)9(15)6(12)3-4-11/h6-7,9,11-13,15H,2-5H2,1H3,(H,10,14)/t6-,7+,9+/m1/s1. The van der Waals surface area contributed by atoms with E-state index in [-0.39, 0.29) is 25.5 Å². The second-order valence-corrected chi connectivity index (χ2v) is 3.30. The van der Waals surface area contributed by atoms with E-state index in [4.69, 9.17) is 5.11 Å². The van der Waals surface area contributed by atoms with Crippen molar-refractivity contribution in [3.05, 3.63) is 0 Å². The van der Waals surface area contributed by atoms with Crippen molar-refractivity contribution in [2.45, 2.75) is 38.1 Å². The molecule has 0 aliphatic heterocycles. The predicted molar refractivity (Wildman–Crippen MR) is 53.0 cm³/mol. The molecule has 1 amide bonds. The van der Waals surface area contributed by atoms with Crippen LogP contribution in [0.1, 0.15) is 19.8 Å². The zero-order chi connectivity index (χ0) is 11.8. The van der Waals surface area contributed by atoms with Gasteiger partial charge in [-0.25, -0.2) is 0 Å². The Morgan fingerprint density at radius 2 is 1.87 bits per heavy atom. The molecule has 0 aromatic carbocycles. The maximum atomic E-state index is 10.8. The first-order chi connectivity index (χ1) is 7.02. The minimum atomic E-state index is -1.37. The summed E-state index contributed by atoms with van der Waals surface area (Å²) in [5.41, 5.74) is 0. The van der Waals surface area contributed by atoms with Crippen molar-refractivity contribution in [3.63, 3.8) is 0 Å². The molecule has 0 saturated heterocycles. The van der Waals surface area contributed by atoms with Crippen molar-refractivity contribution in [3.8, 4) is 0 Å². The fourth-order valence-corrected chi connectivity index (χ4v) is 1.02. The summed E-state index contributed by atoms with van der Waals surface area (Å²) in [7, 11) is 0. The summed E-state index contributed by atoms with van der Waals surface area (Å²) in [5, 5.41) is 38.8. The molecule has 0 heterocycles. The molecule has 6 nitrogen and oxygen atoms in total. The minimum absolute atomic E-state index is 0.0139. The average Bonchev–Trinajstić information content (AvgIpc) is 2.24. The van der Waals surface area contributed by atoms with Gasteiger partial charge in [-0.2, -0.15) is 0 Å². The van der Waals surface area contributed by atoms with E-state index in [2.05, 4.69) is 5.32 Å². The molecule has 0 aromatic rings. The topological polar surface area (TPSA) is 110 Å². The van der Waals surface area contributed by atoms with Crippen LogP contribution in [0, 0.1) is 0 Å². The summed E-state index contributed by atoms with van der Waals surface area (Å²) in [6.45, 7) is 1.28. The monoisotopic (exact) mass is 221 g/mol. The summed E-state index contributed by atoms with van der Waals surface area (Å²) in [4.78, 5) is 10.8. The van der Waals surface area contributed by atoms with Crippen molar-refractivity contribution in [2.75, 3.05) is 13.2 Å². The molecule has 90 valence electrons. The SMILES string of the molecule is CCC(=O)NC[C@H](O)[C@@H](O)[C@H](O)CCO. The van der Waals surface area contributed by atoms with Crippen LogP contribution < -0.4 is 5.32 Å². The van der Waals surface area contributed by atoms with Crippen molar-refractivity contribution in [1.82, 2.24) is 5.32 Å². The zero-order valence-electron chi connectivity index (χ0n) is 8.76. The van der Waals surface area contributed by atoms with Crippen molar-refractivity contribution in [1.29, 1.82) is 0 Å². The van der Waals surface area contributed by atoms with E-state index >= 15 is 0 Å². The van der Waals surface area contributed by atoms with E-state index in [9.17, 15) is 20.1 Å². The normalized spacial score (nSPS) is 16.9. The molecule has 5 N–H and O–H groups in total. The number of carbonyl (C=O) groups excluding carboxylic acids is 1. The molecule has 0 fully saturated rings. The Balaban J connectivity index is 3.87. The van der Waals surface area contributed by atoms with Gasteiger partial charge in [0.25, 0.3) is 0 Å². The molecule has 0 spiro atoms. The Hall–Kier alpha value is -0.690. The average molecular weight is 221 g/mol. The highest BCUT2D eigenvalue weighted by atomic mass is 16.4. The van der Waals surface area contributed by atoms with Gasteiger partial charge < -0.3 is 25.7 Å². The molecule has 0 unspecified atom stereocenters. The van der Waals surface area contributed by atoms with E-state index in [1.165, 1.54) is 0 Å². The lowest BCUT2D eigenvalue weighted by Gasteiger charge is -2.22. The van der Waals surface area contributed by atoms with Gasteiger partial charge in [0.2, 0.25) is 5.91 Å². The molecule has 3 atom stereocenters. The van der Waals surface area contributed by atoms with E-state index in [1.807, 2.05) is 0 Å². The highest BCUT2D eigenvalue weighted by Crippen LogP contribution is 2.03. The van der Waals surface area contributed by atoms with E-state index in [0.29, 0.717) is 6.42 Å². The minimum Gasteiger partial charge on any atom is -0.396 e. The maximum Gasteiger partial charge on any atom is 0.219 e.